The van der Waals surface area contributed by atoms with Gasteiger partial charge in [0, 0.05) is 44.8 Å². The third-order valence-electron chi connectivity index (χ3n) is 9.50. The van der Waals surface area contributed by atoms with E-state index in [1.54, 1.807) is 118 Å². The Morgan fingerprint density at radius 1 is 0.473 bits per heavy atom. The van der Waals surface area contributed by atoms with Crippen molar-refractivity contribution in [2.75, 3.05) is 0 Å². The van der Waals surface area contributed by atoms with Crippen LogP contribution >= 0.6 is 0 Å². The SMILES string of the molecule is C#Cc1cccc(-c2nc3cc(C(F)(c4ccc5c(c4)nc(-c4cccc(C#C)c4)n5-c4ccccc4)C(F)(F)C(F)(F)F)ccc3n2-c2ccccc2)c1. The molecule has 0 fully saturated rings. The third kappa shape index (κ3) is 5.71. The summed E-state index contributed by atoms with van der Waals surface area (Å²) < 4.78 is 96.3. The zero-order valence-electron chi connectivity index (χ0n) is 28.6. The zero-order chi connectivity index (χ0) is 38.5. The summed E-state index contributed by atoms with van der Waals surface area (Å²) in [5, 5.41) is 0. The first kappa shape index (κ1) is 35.0. The summed E-state index contributed by atoms with van der Waals surface area (Å²) >= 11 is 0. The molecule has 2 heterocycles. The van der Waals surface area contributed by atoms with Gasteiger partial charge in [0.2, 0.25) is 5.67 Å². The Morgan fingerprint density at radius 3 is 1.27 bits per heavy atom. The van der Waals surface area contributed by atoms with Crippen LogP contribution in [0.5, 0.6) is 0 Å². The van der Waals surface area contributed by atoms with Crippen molar-refractivity contribution in [3.05, 3.63) is 168 Å². The fourth-order valence-corrected chi connectivity index (χ4v) is 6.87. The molecule has 10 heteroatoms. The van der Waals surface area contributed by atoms with Crippen molar-refractivity contribution >= 4 is 22.1 Å². The molecule has 0 radical (unpaired) electrons. The quantitative estimate of drug-likeness (QED) is 0.121. The van der Waals surface area contributed by atoms with Crippen LogP contribution in [0.15, 0.2) is 146 Å². The highest BCUT2D eigenvalue weighted by molar-refractivity contribution is 5.86. The molecule has 0 saturated carbocycles. The summed E-state index contributed by atoms with van der Waals surface area (Å²) in [6.07, 6.45) is 4.99. The number of halogens is 6. The van der Waals surface area contributed by atoms with Gasteiger partial charge >= 0.3 is 12.1 Å². The maximum absolute atomic E-state index is 17.7. The van der Waals surface area contributed by atoms with Gasteiger partial charge < -0.3 is 0 Å². The van der Waals surface area contributed by atoms with Crippen LogP contribution in [0, 0.1) is 24.7 Å². The molecule has 8 aromatic rings. The Kier molecular flexibility index (Phi) is 8.35. The Labute approximate surface area is 311 Å². The van der Waals surface area contributed by atoms with Gasteiger partial charge in [-0.15, -0.1) is 12.8 Å². The summed E-state index contributed by atoms with van der Waals surface area (Å²) in [5.74, 6) is -0.154. The van der Waals surface area contributed by atoms with Gasteiger partial charge in [-0.05, 0) is 72.8 Å². The zero-order valence-corrected chi connectivity index (χ0v) is 28.6. The maximum Gasteiger partial charge on any atom is 0.457 e. The number of fused-ring (bicyclic) bond motifs is 2. The second-order valence-corrected chi connectivity index (χ2v) is 12.8. The van der Waals surface area contributed by atoms with E-state index in [0.717, 1.165) is 24.3 Å². The molecule has 0 N–H and O–H groups in total. The predicted molar refractivity (Wildman–Crippen MR) is 202 cm³/mol. The molecular weight excluding hydrogens is 711 g/mol. The number of terminal acetylenes is 2. The van der Waals surface area contributed by atoms with Crippen molar-refractivity contribution in [1.82, 2.24) is 19.1 Å². The van der Waals surface area contributed by atoms with Gasteiger partial charge in [0.05, 0.1) is 22.1 Å². The lowest BCUT2D eigenvalue weighted by Gasteiger charge is -2.35. The highest BCUT2D eigenvalue weighted by Gasteiger charge is 2.72. The monoisotopic (exact) mass is 736 g/mol. The molecular formula is C45H26F6N4. The van der Waals surface area contributed by atoms with E-state index >= 15 is 13.2 Å². The average Bonchev–Trinajstić information content (AvgIpc) is 3.79. The number of nitrogens with zero attached hydrogens (tertiary/aromatic N) is 4. The largest absolute Gasteiger partial charge is 0.457 e. The fourth-order valence-electron chi connectivity index (χ4n) is 6.87. The van der Waals surface area contributed by atoms with Crippen LogP contribution in [0.3, 0.4) is 0 Å². The molecule has 0 amide bonds. The summed E-state index contributed by atoms with van der Waals surface area (Å²) in [6, 6.07) is 37.9. The molecule has 0 aliphatic rings. The first-order valence-corrected chi connectivity index (χ1v) is 16.9. The van der Waals surface area contributed by atoms with Crippen LogP contribution in [0.2, 0.25) is 0 Å². The summed E-state index contributed by atoms with van der Waals surface area (Å²) in [7, 11) is 0. The third-order valence-corrected chi connectivity index (χ3v) is 9.50. The minimum Gasteiger partial charge on any atom is -0.292 e. The second kappa shape index (κ2) is 13.1. The molecule has 0 spiro atoms. The van der Waals surface area contributed by atoms with Gasteiger partial charge in [-0.2, -0.15) is 22.0 Å². The van der Waals surface area contributed by atoms with E-state index in [1.165, 1.54) is 12.1 Å². The Balaban J connectivity index is 1.37. The Morgan fingerprint density at radius 2 is 0.891 bits per heavy atom. The lowest BCUT2D eigenvalue weighted by atomic mass is 9.81. The average molecular weight is 737 g/mol. The van der Waals surface area contributed by atoms with Gasteiger partial charge in [0.15, 0.2) is 0 Å². The van der Waals surface area contributed by atoms with Gasteiger partial charge in [-0.25, -0.2) is 14.4 Å². The van der Waals surface area contributed by atoms with E-state index in [-0.39, 0.29) is 11.0 Å². The van der Waals surface area contributed by atoms with Crippen LogP contribution < -0.4 is 0 Å². The first-order valence-electron chi connectivity index (χ1n) is 16.9. The van der Waals surface area contributed by atoms with Crippen molar-refractivity contribution in [1.29, 1.82) is 0 Å². The van der Waals surface area contributed by atoms with E-state index in [4.69, 9.17) is 12.8 Å². The number of hydrogen-bond donors (Lipinski definition) is 0. The number of aromatic nitrogens is 4. The van der Waals surface area contributed by atoms with Gasteiger partial charge in [-0.1, -0.05) is 84.6 Å². The summed E-state index contributed by atoms with van der Waals surface area (Å²) in [4.78, 5) is 9.33. The molecule has 0 saturated heterocycles. The highest BCUT2D eigenvalue weighted by atomic mass is 19.4. The Bertz CT molecular complexity index is 2640. The smallest absolute Gasteiger partial charge is 0.292 e. The van der Waals surface area contributed by atoms with Crippen LogP contribution in [0.25, 0.3) is 56.2 Å². The van der Waals surface area contributed by atoms with Crippen LogP contribution in [0.4, 0.5) is 26.3 Å². The Hall–Kier alpha value is -7.04. The highest BCUT2D eigenvalue weighted by Crippen LogP contribution is 2.55. The molecule has 4 nitrogen and oxygen atoms in total. The lowest BCUT2D eigenvalue weighted by Crippen LogP contribution is -2.53. The number of hydrogen-bond acceptors (Lipinski definition) is 2. The standard InChI is InChI=1S/C45H26F6N4/c1-3-29-13-11-15-31(25-29)41-52-37-27-33(21-23-39(37)54(41)35-17-7-5-8-18-35)43(46,44(47,48)45(49,50)51)34-22-24-40-38(28-34)53-42(32-16-12-14-30(4-2)26-32)55(40)36-19-9-6-10-20-36/h1-2,5-28H. The van der Waals surface area contributed by atoms with Crippen molar-refractivity contribution < 1.29 is 26.3 Å². The summed E-state index contributed by atoms with van der Waals surface area (Å²) in [6.45, 7) is 0. The molecule has 2 aromatic heterocycles. The van der Waals surface area contributed by atoms with E-state index < -0.39 is 28.9 Å². The molecule has 0 aliphatic carbocycles. The van der Waals surface area contributed by atoms with E-state index in [0.29, 0.717) is 56.3 Å². The van der Waals surface area contributed by atoms with E-state index in [9.17, 15) is 13.2 Å². The number of benzene rings is 6. The molecule has 8 rings (SSSR count). The minimum absolute atomic E-state index is 0.0208. The van der Waals surface area contributed by atoms with Gasteiger partial charge in [0.1, 0.15) is 11.6 Å². The van der Waals surface area contributed by atoms with E-state index in [1.807, 2.05) is 0 Å². The van der Waals surface area contributed by atoms with Gasteiger partial charge in [-0.3, -0.25) is 9.13 Å². The van der Waals surface area contributed by atoms with Crippen molar-refractivity contribution in [3.63, 3.8) is 0 Å². The molecule has 55 heavy (non-hydrogen) atoms. The number of para-hydroxylation sites is 2. The number of imidazole rings is 2. The lowest BCUT2D eigenvalue weighted by molar-refractivity contribution is -0.323. The van der Waals surface area contributed by atoms with Crippen molar-refractivity contribution in [3.8, 4) is 58.8 Å². The second-order valence-electron chi connectivity index (χ2n) is 12.8. The topological polar surface area (TPSA) is 35.6 Å². The minimum atomic E-state index is -6.29. The fraction of sp³-hybridized carbons (Fsp3) is 0.0667. The molecule has 0 aliphatic heterocycles. The van der Waals surface area contributed by atoms with E-state index in [2.05, 4.69) is 21.8 Å². The molecule has 6 aromatic carbocycles. The van der Waals surface area contributed by atoms with Crippen molar-refractivity contribution in [2.45, 2.75) is 17.8 Å². The van der Waals surface area contributed by atoms with Crippen LogP contribution in [-0.4, -0.2) is 31.2 Å². The normalized spacial score (nSPS) is 12.1. The van der Waals surface area contributed by atoms with Gasteiger partial charge in [0.25, 0.3) is 0 Å². The molecule has 268 valence electrons. The predicted octanol–water partition coefficient (Wildman–Crippen LogP) is 11.1. The summed E-state index contributed by atoms with van der Waals surface area (Å²) in [5.41, 5.74) is -2.28. The molecule has 0 bridgehead atoms. The maximum atomic E-state index is 17.7. The number of rotatable bonds is 7. The van der Waals surface area contributed by atoms with Crippen molar-refractivity contribution in [2.24, 2.45) is 0 Å². The number of alkyl halides is 6. The van der Waals surface area contributed by atoms with Crippen LogP contribution in [0.1, 0.15) is 22.3 Å². The molecule has 0 unspecified atom stereocenters. The van der Waals surface area contributed by atoms with Crippen LogP contribution in [-0.2, 0) is 5.67 Å². The first-order chi connectivity index (χ1) is 26.4. The molecule has 0 atom stereocenters.